The zero-order chi connectivity index (χ0) is 16.9. The second kappa shape index (κ2) is 7.62. The molecule has 4 nitrogen and oxygen atoms in total. The molecule has 1 aromatic carbocycles. The van der Waals surface area contributed by atoms with Crippen molar-refractivity contribution < 1.29 is 9.50 Å². The maximum Gasteiger partial charge on any atom is 0.126 e. The number of aromatic nitrogens is 1. The van der Waals surface area contributed by atoms with Gasteiger partial charge in [0.1, 0.15) is 11.6 Å². The molecule has 0 atom stereocenters. The Hall–Kier alpha value is -2.14. The second-order valence-corrected chi connectivity index (χ2v) is 6.45. The number of rotatable bonds is 5. The van der Waals surface area contributed by atoms with Gasteiger partial charge in [-0.2, -0.15) is 0 Å². The molecule has 1 aliphatic rings. The van der Waals surface area contributed by atoms with Crippen molar-refractivity contribution in [1.82, 2.24) is 4.98 Å². The number of aliphatic hydroxyl groups excluding tert-OH is 1. The number of nitrogens with zero attached hydrogens (tertiary/aromatic N) is 2. The van der Waals surface area contributed by atoms with Gasteiger partial charge in [-0.25, -0.2) is 9.37 Å². The lowest BCUT2D eigenvalue weighted by Gasteiger charge is -2.32. The van der Waals surface area contributed by atoms with Crippen molar-refractivity contribution in [3.05, 3.63) is 53.5 Å². The molecule has 0 aliphatic carbocycles. The lowest BCUT2D eigenvalue weighted by molar-refractivity contribution is 0.203. The number of pyridine rings is 1. The lowest BCUT2D eigenvalue weighted by atomic mass is 9.98. The van der Waals surface area contributed by atoms with E-state index in [0.717, 1.165) is 43.0 Å². The fourth-order valence-corrected chi connectivity index (χ4v) is 2.99. The van der Waals surface area contributed by atoms with E-state index in [2.05, 4.69) is 21.3 Å². The molecule has 1 fully saturated rings. The summed E-state index contributed by atoms with van der Waals surface area (Å²) >= 11 is 0. The molecular weight excluding hydrogens is 305 g/mol. The third-order valence-electron chi connectivity index (χ3n) is 4.70. The minimum Gasteiger partial charge on any atom is -0.396 e. The van der Waals surface area contributed by atoms with Gasteiger partial charge in [-0.1, -0.05) is 12.1 Å². The van der Waals surface area contributed by atoms with E-state index in [1.807, 2.05) is 18.3 Å². The summed E-state index contributed by atoms with van der Waals surface area (Å²) in [6, 6.07) is 9.29. The van der Waals surface area contributed by atoms with Gasteiger partial charge < -0.3 is 15.3 Å². The highest BCUT2D eigenvalue weighted by Crippen LogP contribution is 2.23. The normalized spacial score (nSPS) is 15.5. The van der Waals surface area contributed by atoms with Gasteiger partial charge in [-0.15, -0.1) is 0 Å². The molecule has 1 saturated heterocycles. The Bertz CT molecular complexity index is 667. The third-order valence-corrected chi connectivity index (χ3v) is 4.70. The topological polar surface area (TPSA) is 48.4 Å². The summed E-state index contributed by atoms with van der Waals surface area (Å²) in [4.78, 5) is 6.76. The zero-order valence-electron chi connectivity index (χ0n) is 14.0. The molecule has 1 aliphatic heterocycles. The minimum absolute atomic E-state index is 0.177. The molecule has 1 aromatic heterocycles. The number of hydrogen-bond donors (Lipinski definition) is 2. The SMILES string of the molecule is Cc1ccc(CNc2ccc(N3CCC(CO)CC3)cn2)cc1F. The number of halogens is 1. The Kier molecular flexibility index (Phi) is 5.30. The number of anilines is 2. The first-order valence-corrected chi connectivity index (χ1v) is 8.46. The van der Waals surface area contributed by atoms with Gasteiger partial charge in [0.2, 0.25) is 0 Å². The van der Waals surface area contributed by atoms with E-state index in [-0.39, 0.29) is 12.4 Å². The minimum atomic E-state index is -0.177. The molecule has 2 aromatic rings. The van der Waals surface area contributed by atoms with Crippen LogP contribution in [0, 0.1) is 18.7 Å². The van der Waals surface area contributed by atoms with Crippen molar-refractivity contribution in [3.63, 3.8) is 0 Å². The first kappa shape index (κ1) is 16.7. The van der Waals surface area contributed by atoms with Gasteiger partial charge in [0.05, 0.1) is 11.9 Å². The Morgan fingerprint density at radius 3 is 2.67 bits per heavy atom. The van der Waals surface area contributed by atoms with Crippen molar-refractivity contribution in [1.29, 1.82) is 0 Å². The van der Waals surface area contributed by atoms with Gasteiger partial charge >= 0.3 is 0 Å². The van der Waals surface area contributed by atoms with Gasteiger partial charge in [0.25, 0.3) is 0 Å². The number of aryl methyl sites for hydroxylation is 1. The molecule has 24 heavy (non-hydrogen) atoms. The Labute approximate surface area is 142 Å². The van der Waals surface area contributed by atoms with Gasteiger partial charge in [-0.3, -0.25) is 0 Å². The van der Waals surface area contributed by atoms with Crippen LogP contribution in [0.2, 0.25) is 0 Å². The predicted octanol–water partition coefficient (Wildman–Crippen LogP) is 3.35. The summed E-state index contributed by atoms with van der Waals surface area (Å²) in [7, 11) is 0. The number of aliphatic hydroxyl groups is 1. The smallest absolute Gasteiger partial charge is 0.126 e. The van der Waals surface area contributed by atoms with Crippen LogP contribution in [0.4, 0.5) is 15.9 Å². The molecule has 0 radical (unpaired) electrons. The average Bonchev–Trinajstić information content (AvgIpc) is 2.63. The lowest BCUT2D eigenvalue weighted by Crippen LogP contribution is -2.34. The van der Waals surface area contributed by atoms with E-state index in [1.54, 1.807) is 19.1 Å². The molecule has 0 bridgehead atoms. The maximum atomic E-state index is 13.6. The molecular formula is C19H24FN3O. The van der Waals surface area contributed by atoms with Crippen LogP contribution >= 0.6 is 0 Å². The van der Waals surface area contributed by atoms with E-state index in [4.69, 9.17) is 0 Å². The van der Waals surface area contributed by atoms with Crippen molar-refractivity contribution in [2.75, 3.05) is 29.9 Å². The number of hydrogen-bond acceptors (Lipinski definition) is 4. The molecule has 0 unspecified atom stereocenters. The van der Waals surface area contributed by atoms with E-state index in [0.29, 0.717) is 18.0 Å². The van der Waals surface area contributed by atoms with Crippen LogP contribution in [0.15, 0.2) is 36.5 Å². The second-order valence-electron chi connectivity index (χ2n) is 6.45. The summed E-state index contributed by atoms with van der Waals surface area (Å²) in [6.07, 6.45) is 3.92. The quantitative estimate of drug-likeness (QED) is 0.883. The van der Waals surface area contributed by atoms with E-state index < -0.39 is 0 Å². The molecule has 0 spiro atoms. The number of nitrogens with one attached hydrogen (secondary N) is 1. The van der Waals surface area contributed by atoms with Crippen molar-refractivity contribution >= 4 is 11.5 Å². The van der Waals surface area contributed by atoms with E-state index >= 15 is 0 Å². The van der Waals surface area contributed by atoms with Gasteiger partial charge in [-0.05, 0) is 55.0 Å². The van der Waals surface area contributed by atoms with Gasteiger partial charge in [0, 0.05) is 26.2 Å². The summed E-state index contributed by atoms with van der Waals surface area (Å²) in [5, 5.41) is 12.4. The van der Waals surface area contributed by atoms with Crippen LogP contribution < -0.4 is 10.2 Å². The highest BCUT2D eigenvalue weighted by Gasteiger charge is 2.18. The fourth-order valence-electron chi connectivity index (χ4n) is 2.99. The first-order chi connectivity index (χ1) is 11.7. The highest BCUT2D eigenvalue weighted by molar-refractivity contribution is 5.50. The number of benzene rings is 1. The largest absolute Gasteiger partial charge is 0.396 e. The van der Waals surface area contributed by atoms with Crippen molar-refractivity contribution in [2.45, 2.75) is 26.3 Å². The Balaban J connectivity index is 1.55. The van der Waals surface area contributed by atoms with E-state index in [9.17, 15) is 9.50 Å². The third kappa shape index (κ3) is 4.03. The Morgan fingerprint density at radius 1 is 1.25 bits per heavy atom. The predicted molar refractivity (Wildman–Crippen MR) is 94.7 cm³/mol. The Morgan fingerprint density at radius 2 is 2.04 bits per heavy atom. The first-order valence-electron chi connectivity index (χ1n) is 8.46. The van der Waals surface area contributed by atoms with Crippen LogP contribution in [0.5, 0.6) is 0 Å². The van der Waals surface area contributed by atoms with Gasteiger partial charge in [0.15, 0.2) is 0 Å². The molecule has 2 heterocycles. The maximum absolute atomic E-state index is 13.6. The van der Waals surface area contributed by atoms with Crippen molar-refractivity contribution in [3.8, 4) is 0 Å². The highest BCUT2D eigenvalue weighted by atomic mass is 19.1. The van der Waals surface area contributed by atoms with Crippen LogP contribution in [-0.4, -0.2) is 29.8 Å². The fraction of sp³-hybridized carbons (Fsp3) is 0.421. The molecule has 3 rings (SSSR count). The summed E-state index contributed by atoms with van der Waals surface area (Å²) in [5.74, 6) is 1.04. The van der Waals surface area contributed by atoms with Crippen LogP contribution in [0.3, 0.4) is 0 Å². The summed E-state index contributed by atoms with van der Waals surface area (Å²) in [5.41, 5.74) is 2.67. The molecule has 2 N–H and O–H groups in total. The number of piperidine rings is 1. The van der Waals surface area contributed by atoms with E-state index in [1.165, 1.54) is 0 Å². The molecule has 128 valence electrons. The molecule has 5 heteroatoms. The van der Waals surface area contributed by atoms with Crippen LogP contribution in [-0.2, 0) is 6.54 Å². The zero-order valence-corrected chi connectivity index (χ0v) is 14.0. The molecule has 0 saturated carbocycles. The van der Waals surface area contributed by atoms with Crippen LogP contribution in [0.1, 0.15) is 24.0 Å². The van der Waals surface area contributed by atoms with Crippen molar-refractivity contribution in [2.24, 2.45) is 5.92 Å². The average molecular weight is 329 g/mol. The summed E-state index contributed by atoms with van der Waals surface area (Å²) < 4.78 is 13.6. The standard InChI is InChI=1S/C19H24FN3O/c1-14-2-3-16(10-18(14)20)11-21-19-5-4-17(12-22-19)23-8-6-15(13-24)7-9-23/h2-5,10,12,15,24H,6-9,11,13H2,1H3,(H,21,22). The summed E-state index contributed by atoms with van der Waals surface area (Å²) in [6.45, 7) is 4.51. The monoisotopic (exact) mass is 329 g/mol. The van der Waals surface area contributed by atoms with Crippen LogP contribution in [0.25, 0.3) is 0 Å². The molecule has 0 amide bonds.